The molecule has 7 nitrogen and oxygen atoms in total. The Morgan fingerprint density at radius 3 is 2.36 bits per heavy atom. The Morgan fingerprint density at radius 1 is 0.964 bits per heavy atom. The Kier molecular flexibility index (Phi) is 5.72. The van der Waals surface area contributed by atoms with Gasteiger partial charge in [0.25, 0.3) is 0 Å². The first kappa shape index (κ1) is 19.9. The summed E-state index contributed by atoms with van der Waals surface area (Å²) in [6.45, 7) is 12.3. The Labute approximate surface area is 166 Å². The molecule has 0 radical (unpaired) electrons. The normalized spacial score (nSPS) is 11.9. The van der Waals surface area contributed by atoms with Crippen LogP contribution in [0.3, 0.4) is 0 Å². The van der Waals surface area contributed by atoms with Crippen LogP contribution >= 0.6 is 0 Å². The first-order chi connectivity index (χ1) is 13.3. The van der Waals surface area contributed by atoms with E-state index >= 15 is 0 Å². The summed E-state index contributed by atoms with van der Waals surface area (Å²) in [6.07, 6.45) is 5.75. The Bertz CT molecular complexity index is 1030. The van der Waals surface area contributed by atoms with Crippen LogP contribution in [0.4, 0.5) is 5.82 Å². The van der Waals surface area contributed by atoms with Crippen molar-refractivity contribution in [3.63, 3.8) is 0 Å². The molecule has 0 saturated carbocycles. The minimum Gasteiger partial charge on any atom is -0.366 e. The molecule has 0 aliphatic heterocycles. The number of nitrogens with one attached hydrogen (secondary N) is 1. The molecule has 3 heterocycles. The van der Waals surface area contributed by atoms with E-state index in [9.17, 15) is 0 Å². The van der Waals surface area contributed by atoms with Crippen molar-refractivity contribution in [2.24, 2.45) is 7.05 Å². The molecule has 3 rings (SSSR count). The summed E-state index contributed by atoms with van der Waals surface area (Å²) in [4.78, 5) is 18.7. The van der Waals surface area contributed by atoms with E-state index in [1.54, 1.807) is 0 Å². The fourth-order valence-electron chi connectivity index (χ4n) is 3.16. The van der Waals surface area contributed by atoms with E-state index < -0.39 is 0 Å². The second-order valence-electron chi connectivity index (χ2n) is 7.45. The van der Waals surface area contributed by atoms with Gasteiger partial charge in [-0.15, -0.1) is 0 Å². The van der Waals surface area contributed by atoms with Crippen LogP contribution in [0.25, 0.3) is 23.2 Å². The van der Waals surface area contributed by atoms with Crippen molar-refractivity contribution in [2.75, 3.05) is 5.32 Å². The maximum absolute atomic E-state index is 4.80. The number of hydrogen-bond donors (Lipinski definition) is 1. The predicted octanol–water partition coefficient (Wildman–Crippen LogP) is 4.02. The molecule has 0 saturated heterocycles. The minimum absolute atomic E-state index is 0.257. The SMILES string of the molecule is CCCc1nn(C)c2c(NC(C)C)nc(/C=C/c3nc(C)c(C)nc3C)nc12. The molecule has 28 heavy (non-hydrogen) atoms. The first-order valence-electron chi connectivity index (χ1n) is 9.80. The quantitative estimate of drug-likeness (QED) is 0.696. The number of aryl methyl sites for hydroxylation is 5. The molecular weight excluding hydrogens is 350 g/mol. The lowest BCUT2D eigenvalue weighted by Gasteiger charge is -2.11. The highest BCUT2D eigenvalue weighted by molar-refractivity contribution is 5.89. The van der Waals surface area contributed by atoms with E-state index in [4.69, 9.17) is 9.97 Å². The molecule has 7 heteroatoms. The summed E-state index contributed by atoms with van der Waals surface area (Å²) >= 11 is 0. The van der Waals surface area contributed by atoms with Crippen LogP contribution in [0.5, 0.6) is 0 Å². The number of aromatic nitrogens is 6. The van der Waals surface area contributed by atoms with Gasteiger partial charge in [0.1, 0.15) is 11.0 Å². The van der Waals surface area contributed by atoms with Crippen LogP contribution in [0.2, 0.25) is 0 Å². The van der Waals surface area contributed by atoms with Crippen LogP contribution in [-0.4, -0.2) is 35.8 Å². The van der Waals surface area contributed by atoms with Gasteiger partial charge in [0, 0.05) is 13.1 Å². The number of anilines is 1. The Balaban J connectivity index is 2.10. The minimum atomic E-state index is 0.257. The van der Waals surface area contributed by atoms with Gasteiger partial charge in [-0.05, 0) is 53.2 Å². The van der Waals surface area contributed by atoms with E-state index in [0.717, 1.165) is 58.2 Å². The second kappa shape index (κ2) is 8.04. The van der Waals surface area contributed by atoms with Crippen molar-refractivity contribution < 1.29 is 0 Å². The van der Waals surface area contributed by atoms with Crippen LogP contribution in [0.1, 0.15) is 61.5 Å². The molecule has 0 bridgehead atoms. The average molecular weight is 380 g/mol. The van der Waals surface area contributed by atoms with Crippen LogP contribution in [0, 0.1) is 20.8 Å². The van der Waals surface area contributed by atoms with E-state index in [2.05, 4.69) is 41.2 Å². The molecule has 148 valence electrons. The van der Waals surface area contributed by atoms with Gasteiger partial charge >= 0.3 is 0 Å². The zero-order chi connectivity index (χ0) is 20.4. The molecule has 0 spiro atoms. The maximum atomic E-state index is 4.80. The lowest BCUT2D eigenvalue weighted by Crippen LogP contribution is -2.13. The summed E-state index contributed by atoms with van der Waals surface area (Å²) in [5.41, 5.74) is 6.48. The third-order valence-electron chi connectivity index (χ3n) is 4.59. The Hall–Kier alpha value is -2.83. The summed E-state index contributed by atoms with van der Waals surface area (Å²) in [5.74, 6) is 1.44. The molecule has 1 N–H and O–H groups in total. The average Bonchev–Trinajstić information content (AvgIpc) is 2.93. The van der Waals surface area contributed by atoms with Gasteiger partial charge in [0.2, 0.25) is 0 Å². The van der Waals surface area contributed by atoms with Gasteiger partial charge in [0.05, 0.1) is 28.5 Å². The number of rotatable bonds is 6. The highest BCUT2D eigenvalue weighted by Crippen LogP contribution is 2.25. The summed E-state index contributed by atoms with van der Waals surface area (Å²) in [5, 5.41) is 8.11. The fourth-order valence-corrected chi connectivity index (χ4v) is 3.16. The zero-order valence-corrected chi connectivity index (χ0v) is 17.8. The lowest BCUT2D eigenvalue weighted by molar-refractivity contribution is 0.751. The van der Waals surface area contributed by atoms with Gasteiger partial charge < -0.3 is 5.32 Å². The number of fused-ring (bicyclic) bond motifs is 1. The van der Waals surface area contributed by atoms with Gasteiger partial charge in [-0.25, -0.2) is 15.0 Å². The summed E-state index contributed by atoms with van der Waals surface area (Å²) < 4.78 is 1.87. The third kappa shape index (κ3) is 4.03. The van der Waals surface area contributed by atoms with E-state index in [1.165, 1.54) is 0 Å². The molecule has 3 aromatic heterocycles. The lowest BCUT2D eigenvalue weighted by atomic mass is 10.2. The highest BCUT2D eigenvalue weighted by atomic mass is 15.3. The third-order valence-corrected chi connectivity index (χ3v) is 4.59. The van der Waals surface area contributed by atoms with Crippen LogP contribution in [0.15, 0.2) is 0 Å². The standard InChI is InChI=1S/C21H29N7/c1-8-9-17-19-20(28(7)27-17)21(22-12(2)3)26-18(25-19)11-10-16-15(6)23-13(4)14(5)24-16/h10-12H,8-9H2,1-7H3,(H,22,25,26)/b11-10+. The molecule has 3 aromatic rings. The molecule has 0 fully saturated rings. The van der Waals surface area contributed by atoms with Crippen molar-refractivity contribution in [1.29, 1.82) is 0 Å². The van der Waals surface area contributed by atoms with Crippen LogP contribution < -0.4 is 5.32 Å². The number of hydrogen-bond acceptors (Lipinski definition) is 6. The van der Waals surface area contributed by atoms with Gasteiger partial charge in [-0.1, -0.05) is 13.3 Å². The molecule has 0 aromatic carbocycles. The van der Waals surface area contributed by atoms with Crippen molar-refractivity contribution >= 4 is 29.0 Å². The van der Waals surface area contributed by atoms with Gasteiger partial charge in [-0.2, -0.15) is 5.10 Å². The van der Waals surface area contributed by atoms with E-state index in [1.807, 2.05) is 44.7 Å². The highest BCUT2D eigenvalue weighted by Gasteiger charge is 2.16. The largest absolute Gasteiger partial charge is 0.366 e. The molecule has 0 unspecified atom stereocenters. The van der Waals surface area contributed by atoms with Gasteiger partial charge in [-0.3, -0.25) is 9.67 Å². The Morgan fingerprint density at radius 2 is 1.68 bits per heavy atom. The first-order valence-corrected chi connectivity index (χ1v) is 9.80. The predicted molar refractivity (Wildman–Crippen MR) is 114 cm³/mol. The smallest absolute Gasteiger partial charge is 0.156 e. The summed E-state index contributed by atoms with van der Waals surface area (Å²) in [6, 6.07) is 0.257. The van der Waals surface area contributed by atoms with Crippen LogP contribution in [-0.2, 0) is 13.5 Å². The topological polar surface area (TPSA) is 81.4 Å². The molecule has 0 aliphatic carbocycles. The number of nitrogens with zero attached hydrogens (tertiary/aromatic N) is 6. The van der Waals surface area contributed by atoms with Crippen molar-refractivity contribution in [3.8, 4) is 0 Å². The monoisotopic (exact) mass is 379 g/mol. The second-order valence-corrected chi connectivity index (χ2v) is 7.45. The van der Waals surface area contributed by atoms with E-state index in [0.29, 0.717) is 5.82 Å². The van der Waals surface area contributed by atoms with Crippen molar-refractivity contribution in [3.05, 3.63) is 34.3 Å². The van der Waals surface area contributed by atoms with E-state index in [-0.39, 0.29) is 6.04 Å². The van der Waals surface area contributed by atoms with Crippen molar-refractivity contribution in [2.45, 2.75) is 60.4 Å². The summed E-state index contributed by atoms with van der Waals surface area (Å²) in [7, 11) is 1.94. The maximum Gasteiger partial charge on any atom is 0.156 e. The molecule has 0 atom stereocenters. The zero-order valence-electron chi connectivity index (χ0n) is 17.8. The molecular formula is C21H29N7. The fraction of sp³-hybridized carbons (Fsp3) is 0.476. The molecule has 0 aliphatic rings. The van der Waals surface area contributed by atoms with Gasteiger partial charge in [0.15, 0.2) is 11.6 Å². The van der Waals surface area contributed by atoms with Crippen molar-refractivity contribution in [1.82, 2.24) is 29.7 Å². The molecule has 0 amide bonds.